The molecule has 0 saturated heterocycles. The molecule has 0 radical (unpaired) electrons. The average Bonchev–Trinajstić information content (AvgIpc) is 2.65. The third kappa shape index (κ3) is 3.30. The van der Waals surface area contributed by atoms with Crippen molar-refractivity contribution in [2.75, 3.05) is 0 Å². The molecule has 1 aromatic heterocycles. The Labute approximate surface area is 123 Å². The second-order valence-electron chi connectivity index (χ2n) is 5.21. The molecule has 0 aromatic carbocycles. The van der Waals surface area contributed by atoms with Gasteiger partial charge in [0.2, 0.25) is 0 Å². The maximum Gasteiger partial charge on any atom is 0.253 e. The molecule has 1 heterocycles. The van der Waals surface area contributed by atoms with Crippen LogP contribution in [0.15, 0.2) is 18.5 Å². The Kier molecular flexibility index (Phi) is 4.65. The number of halogens is 1. The first-order valence-electron chi connectivity index (χ1n) is 6.76. The molecular weight excluding hydrogens is 277 g/mol. The molecule has 0 bridgehead atoms. The molecule has 0 atom stereocenters. The third-order valence-electron chi connectivity index (χ3n) is 3.75. The van der Waals surface area contributed by atoms with Gasteiger partial charge >= 0.3 is 0 Å². The zero-order chi connectivity index (χ0) is 14.6. The van der Waals surface area contributed by atoms with Crippen LogP contribution in [0.5, 0.6) is 0 Å². The predicted molar refractivity (Wildman–Crippen MR) is 78.9 cm³/mol. The van der Waals surface area contributed by atoms with E-state index in [2.05, 4.69) is 10.3 Å². The summed E-state index contributed by atoms with van der Waals surface area (Å²) in [5, 5.41) is 2.90. The molecule has 1 amide bonds. The van der Waals surface area contributed by atoms with E-state index < -0.39 is 11.4 Å². The molecule has 108 valence electrons. The maximum absolute atomic E-state index is 13.1. The van der Waals surface area contributed by atoms with Crippen LogP contribution in [0, 0.1) is 5.82 Å². The number of rotatable bonds is 3. The molecular formula is C14H18FN3OS. The molecule has 1 aliphatic rings. The second kappa shape index (κ2) is 6.26. The predicted octanol–water partition coefficient (Wildman–Crippen LogP) is 2.33. The van der Waals surface area contributed by atoms with Gasteiger partial charge in [0, 0.05) is 6.20 Å². The number of carbonyl (C=O) groups excluding carboxylic acids is 1. The van der Waals surface area contributed by atoms with Gasteiger partial charge in [0.05, 0.1) is 22.3 Å². The van der Waals surface area contributed by atoms with Crippen molar-refractivity contribution in [1.82, 2.24) is 10.3 Å². The van der Waals surface area contributed by atoms with Gasteiger partial charge in [-0.15, -0.1) is 0 Å². The number of pyridine rings is 1. The van der Waals surface area contributed by atoms with Gasteiger partial charge < -0.3 is 11.1 Å². The highest BCUT2D eigenvalue weighted by Gasteiger charge is 2.35. The molecule has 6 heteroatoms. The number of carbonyl (C=O) groups is 1. The Morgan fingerprint density at radius 2 is 1.95 bits per heavy atom. The Morgan fingerprint density at radius 3 is 2.50 bits per heavy atom. The van der Waals surface area contributed by atoms with Gasteiger partial charge in [0.1, 0.15) is 5.82 Å². The summed E-state index contributed by atoms with van der Waals surface area (Å²) in [6.45, 7) is 0. The van der Waals surface area contributed by atoms with Crippen molar-refractivity contribution in [3.63, 3.8) is 0 Å². The van der Waals surface area contributed by atoms with Gasteiger partial charge in [0.15, 0.2) is 0 Å². The average molecular weight is 295 g/mol. The molecule has 0 spiro atoms. The standard InChI is InChI=1S/C14H18FN3OS/c15-11-7-10(8-17-9-11)12(19)18-14(13(16)20)5-3-1-2-4-6-14/h7-9H,1-6H2,(H2,16,20)(H,18,19). The quantitative estimate of drug-likeness (QED) is 0.663. The molecule has 1 aromatic rings. The second-order valence-corrected chi connectivity index (χ2v) is 5.65. The summed E-state index contributed by atoms with van der Waals surface area (Å²) in [5.41, 5.74) is 5.38. The van der Waals surface area contributed by atoms with E-state index in [0.29, 0.717) is 4.99 Å². The molecule has 2 rings (SSSR count). The number of amides is 1. The van der Waals surface area contributed by atoms with Crippen molar-refractivity contribution in [3.05, 3.63) is 29.8 Å². The van der Waals surface area contributed by atoms with Crippen molar-refractivity contribution >= 4 is 23.1 Å². The van der Waals surface area contributed by atoms with Crippen LogP contribution < -0.4 is 11.1 Å². The van der Waals surface area contributed by atoms with Crippen molar-refractivity contribution in [3.8, 4) is 0 Å². The monoisotopic (exact) mass is 295 g/mol. The van der Waals surface area contributed by atoms with E-state index in [-0.39, 0.29) is 11.5 Å². The van der Waals surface area contributed by atoms with E-state index in [1.54, 1.807) is 0 Å². The molecule has 0 aliphatic heterocycles. The fourth-order valence-corrected chi connectivity index (χ4v) is 2.85. The van der Waals surface area contributed by atoms with E-state index in [9.17, 15) is 9.18 Å². The minimum Gasteiger partial charge on any atom is -0.391 e. The van der Waals surface area contributed by atoms with E-state index in [1.165, 1.54) is 6.20 Å². The summed E-state index contributed by atoms with van der Waals surface area (Å²) in [5.74, 6) is -0.922. The van der Waals surface area contributed by atoms with Crippen molar-refractivity contribution in [2.24, 2.45) is 5.73 Å². The van der Waals surface area contributed by atoms with E-state index >= 15 is 0 Å². The zero-order valence-corrected chi connectivity index (χ0v) is 12.0. The minimum absolute atomic E-state index is 0.185. The number of nitrogens with one attached hydrogen (secondary N) is 1. The summed E-state index contributed by atoms with van der Waals surface area (Å²) < 4.78 is 13.1. The molecule has 1 saturated carbocycles. The number of aromatic nitrogens is 1. The first kappa shape index (κ1) is 14.8. The van der Waals surface area contributed by atoms with Crippen LogP contribution in [0.25, 0.3) is 0 Å². The summed E-state index contributed by atoms with van der Waals surface area (Å²) >= 11 is 5.16. The van der Waals surface area contributed by atoms with Crippen LogP contribution in [0.2, 0.25) is 0 Å². The topological polar surface area (TPSA) is 68.0 Å². The summed E-state index contributed by atoms with van der Waals surface area (Å²) in [6, 6.07) is 1.16. The highest BCUT2D eigenvalue weighted by molar-refractivity contribution is 7.80. The normalized spacial score (nSPS) is 18.1. The minimum atomic E-state index is -0.658. The van der Waals surface area contributed by atoms with E-state index in [4.69, 9.17) is 18.0 Å². The molecule has 1 aliphatic carbocycles. The van der Waals surface area contributed by atoms with Gasteiger partial charge in [-0.25, -0.2) is 4.39 Å². The van der Waals surface area contributed by atoms with Crippen molar-refractivity contribution in [2.45, 2.75) is 44.1 Å². The Hall–Kier alpha value is -1.56. The smallest absolute Gasteiger partial charge is 0.253 e. The van der Waals surface area contributed by atoms with Crippen LogP contribution in [0.1, 0.15) is 48.9 Å². The zero-order valence-electron chi connectivity index (χ0n) is 11.2. The van der Waals surface area contributed by atoms with Gasteiger partial charge in [-0.3, -0.25) is 9.78 Å². The van der Waals surface area contributed by atoms with E-state index in [1.807, 2.05) is 0 Å². The van der Waals surface area contributed by atoms with E-state index in [0.717, 1.165) is 50.8 Å². The molecule has 20 heavy (non-hydrogen) atoms. The lowest BCUT2D eigenvalue weighted by Crippen LogP contribution is -2.56. The molecule has 0 unspecified atom stereocenters. The SMILES string of the molecule is NC(=S)C1(NC(=O)c2cncc(F)c2)CCCCCC1. The first-order chi connectivity index (χ1) is 9.53. The van der Waals surface area contributed by atoms with Crippen molar-refractivity contribution < 1.29 is 9.18 Å². The van der Waals surface area contributed by atoms with Crippen LogP contribution in [0.3, 0.4) is 0 Å². The molecule has 1 fully saturated rings. The number of nitrogens with two attached hydrogens (primary N) is 1. The van der Waals surface area contributed by atoms with Crippen molar-refractivity contribution in [1.29, 1.82) is 0 Å². The first-order valence-corrected chi connectivity index (χ1v) is 7.17. The number of hydrogen-bond acceptors (Lipinski definition) is 3. The largest absolute Gasteiger partial charge is 0.391 e. The number of nitrogens with zero attached hydrogens (tertiary/aromatic N) is 1. The summed E-state index contributed by atoms with van der Waals surface area (Å²) in [6.07, 6.45) is 8.03. The molecule has 3 N–H and O–H groups in total. The van der Waals surface area contributed by atoms with Crippen LogP contribution in [0.4, 0.5) is 4.39 Å². The Balaban J connectivity index is 2.19. The van der Waals surface area contributed by atoms with Crippen LogP contribution in [-0.4, -0.2) is 21.4 Å². The maximum atomic E-state index is 13.1. The Bertz CT molecular complexity index is 513. The lowest BCUT2D eigenvalue weighted by molar-refractivity contribution is 0.0916. The Morgan fingerprint density at radius 1 is 1.30 bits per heavy atom. The third-order valence-corrected chi connectivity index (χ3v) is 4.14. The van der Waals surface area contributed by atoms with Gasteiger partial charge in [-0.05, 0) is 18.9 Å². The lowest BCUT2D eigenvalue weighted by Gasteiger charge is -2.32. The highest BCUT2D eigenvalue weighted by Crippen LogP contribution is 2.28. The molecule has 4 nitrogen and oxygen atoms in total. The van der Waals surface area contributed by atoms with Gasteiger partial charge in [-0.2, -0.15) is 0 Å². The number of thiocarbonyl (C=S) groups is 1. The fraction of sp³-hybridized carbons (Fsp3) is 0.500. The fourth-order valence-electron chi connectivity index (χ4n) is 2.59. The number of hydrogen-bond donors (Lipinski definition) is 2. The summed E-state index contributed by atoms with van der Waals surface area (Å²) in [4.78, 5) is 16.2. The summed E-state index contributed by atoms with van der Waals surface area (Å²) in [7, 11) is 0. The van der Waals surface area contributed by atoms with Gasteiger partial charge in [-0.1, -0.05) is 37.9 Å². The van der Waals surface area contributed by atoms with Gasteiger partial charge in [0.25, 0.3) is 5.91 Å². The van der Waals surface area contributed by atoms with Crippen LogP contribution in [-0.2, 0) is 0 Å². The lowest BCUT2D eigenvalue weighted by atomic mass is 9.89. The highest BCUT2D eigenvalue weighted by atomic mass is 32.1. The van der Waals surface area contributed by atoms with Crippen LogP contribution >= 0.6 is 12.2 Å².